The number of carbonyl (C=O) groups excluding carboxylic acids is 1. The van der Waals surface area contributed by atoms with E-state index in [9.17, 15) is 13.2 Å². The van der Waals surface area contributed by atoms with E-state index in [1.165, 1.54) is 23.5 Å². The fourth-order valence-corrected chi connectivity index (χ4v) is 4.82. The first kappa shape index (κ1) is 23.4. The Morgan fingerprint density at radius 1 is 1.00 bits per heavy atom. The molecule has 0 unspecified atom stereocenters. The molecule has 0 spiro atoms. The molecular weight excluding hydrogens is 456 g/mol. The predicted octanol–water partition coefficient (Wildman–Crippen LogP) is 3.78. The highest BCUT2D eigenvalue weighted by molar-refractivity contribution is 7.92. The van der Waals surface area contributed by atoms with E-state index >= 15 is 0 Å². The molecule has 3 aromatic carbocycles. The summed E-state index contributed by atoms with van der Waals surface area (Å²) in [5.74, 6) is 1.55. The number of hydrogen-bond acceptors (Lipinski definition) is 6. The first-order chi connectivity index (χ1) is 16.3. The molecule has 0 saturated heterocycles. The average Bonchev–Trinajstić information content (AvgIpc) is 2.88. The van der Waals surface area contributed by atoms with Crippen molar-refractivity contribution in [3.63, 3.8) is 0 Å². The first-order valence-electron chi connectivity index (χ1n) is 10.7. The Bertz CT molecular complexity index is 1290. The first-order valence-corrected chi connectivity index (χ1v) is 12.2. The van der Waals surface area contributed by atoms with Gasteiger partial charge < -0.3 is 19.5 Å². The normalized spacial score (nSPS) is 13.6. The molecule has 34 heavy (non-hydrogen) atoms. The lowest BCUT2D eigenvalue weighted by Gasteiger charge is -2.21. The van der Waals surface area contributed by atoms with Gasteiger partial charge in [-0.1, -0.05) is 12.1 Å². The van der Waals surface area contributed by atoms with Gasteiger partial charge in [0, 0.05) is 12.6 Å². The highest BCUT2D eigenvalue weighted by atomic mass is 32.2. The zero-order valence-electron chi connectivity index (χ0n) is 19.1. The summed E-state index contributed by atoms with van der Waals surface area (Å²) in [5.41, 5.74) is 1.57. The average molecular weight is 483 g/mol. The maximum Gasteiger partial charge on any atom is 0.264 e. The molecule has 178 valence electrons. The van der Waals surface area contributed by atoms with Crippen LogP contribution in [0.15, 0.2) is 71.6 Å². The molecule has 0 aromatic heterocycles. The van der Waals surface area contributed by atoms with Gasteiger partial charge in [-0.05, 0) is 67.1 Å². The lowest BCUT2D eigenvalue weighted by atomic mass is 10.1. The second-order valence-electron chi connectivity index (χ2n) is 7.80. The summed E-state index contributed by atoms with van der Waals surface area (Å²) >= 11 is 0. The number of nitrogens with zero attached hydrogens (tertiary/aromatic N) is 1. The molecule has 1 aliphatic heterocycles. The number of anilines is 1. The van der Waals surface area contributed by atoms with Gasteiger partial charge in [0.05, 0.1) is 23.7 Å². The number of methoxy groups -OCH3 is 1. The van der Waals surface area contributed by atoms with E-state index in [1.54, 1.807) is 43.5 Å². The van der Waals surface area contributed by atoms with E-state index < -0.39 is 10.0 Å². The molecule has 8 nitrogen and oxygen atoms in total. The van der Waals surface area contributed by atoms with Crippen LogP contribution in [-0.4, -0.2) is 41.7 Å². The maximum absolute atomic E-state index is 13.2. The quantitative estimate of drug-likeness (QED) is 0.551. The van der Waals surface area contributed by atoms with Gasteiger partial charge >= 0.3 is 0 Å². The van der Waals surface area contributed by atoms with Crippen LogP contribution in [0.3, 0.4) is 0 Å². The second kappa shape index (κ2) is 9.64. The fourth-order valence-electron chi connectivity index (χ4n) is 3.58. The summed E-state index contributed by atoms with van der Waals surface area (Å²) in [4.78, 5) is 12.9. The van der Waals surface area contributed by atoms with Crippen LogP contribution >= 0.6 is 0 Å². The van der Waals surface area contributed by atoms with E-state index in [2.05, 4.69) is 5.32 Å². The van der Waals surface area contributed by atoms with Crippen molar-refractivity contribution in [3.8, 4) is 17.2 Å². The number of amides is 1. The van der Waals surface area contributed by atoms with Gasteiger partial charge in [0.2, 0.25) is 0 Å². The Morgan fingerprint density at radius 3 is 2.41 bits per heavy atom. The number of ether oxygens (including phenoxy) is 3. The number of carbonyl (C=O) groups is 1. The molecule has 0 bridgehead atoms. The van der Waals surface area contributed by atoms with Crippen LogP contribution in [0.1, 0.15) is 28.9 Å². The third-order valence-electron chi connectivity index (χ3n) is 5.60. The van der Waals surface area contributed by atoms with E-state index in [0.29, 0.717) is 36.1 Å². The van der Waals surface area contributed by atoms with Gasteiger partial charge in [0.25, 0.3) is 15.9 Å². The highest BCUT2D eigenvalue weighted by Gasteiger charge is 2.23. The largest absolute Gasteiger partial charge is 0.497 e. The minimum Gasteiger partial charge on any atom is -0.497 e. The highest BCUT2D eigenvalue weighted by Crippen LogP contribution is 2.32. The third kappa shape index (κ3) is 4.79. The van der Waals surface area contributed by atoms with Crippen molar-refractivity contribution >= 4 is 21.6 Å². The van der Waals surface area contributed by atoms with Gasteiger partial charge in [-0.3, -0.25) is 9.10 Å². The monoisotopic (exact) mass is 482 g/mol. The summed E-state index contributed by atoms with van der Waals surface area (Å²) in [7, 11) is -0.868. The van der Waals surface area contributed by atoms with E-state index in [4.69, 9.17) is 14.2 Å². The number of fused-ring (bicyclic) bond motifs is 1. The molecule has 1 aliphatic rings. The Hall–Kier alpha value is -3.72. The molecule has 0 saturated carbocycles. The summed E-state index contributed by atoms with van der Waals surface area (Å²) < 4.78 is 43.8. The van der Waals surface area contributed by atoms with Crippen LogP contribution in [0.2, 0.25) is 0 Å². The topological polar surface area (TPSA) is 94.2 Å². The van der Waals surface area contributed by atoms with Crippen LogP contribution in [0.25, 0.3) is 0 Å². The number of rotatable bonds is 7. The smallest absolute Gasteiger partial charge is 0.264 e. The Balaban J connectivity index is 1.51. The lowest BCUT2D eigenvalue weighted by molar-refractivity contribution is 0.0939. The van der Waals surface area contributed by atoms with Crippen molar-refractivity contribution in [1.82, 2.24) is 5.32 Å². The number of sulfonamides is 1. The van der Waals surface area contributed by atoms with Crippen molar-refractivity contribution < 1.29 is 27.4 Å². The number of benzene rings is 3. The van der Waals surface area contributed by atoms with E-state index in [0.717, 1.165) is 5.56 Å². The summed E-state index contributed by atoms with van der Waals surface area (Å²) in [5, 5.41) is 2.91. The summed E-state index contributed by atoms with van der Waals surface area (Å²) in [6.45, 7) is 2.83. The van der Waals surface area contributed by atoms with Crippen molar-refractivity contribution in [2.45, 2.75) is 17.9 Å². The molecule has 0 aliphatic carbocycles. The van der Waals surface area contributed by atoms with Crippen LogP contribution in [-0.2, 0) is 10.0 Å². The molecule has 0 fully saturated rings. The molecule has 1 atom stereocenters. The van der Waals surface area contributed by atoms with Crippen molar-refractivity contribution in [1.29, 1.82) is 0 Å². The minimum atomic E-state index is -3.88. The fraction of sp³-hybridized carbons (Fsp3) is 0.240. The molecule has 9 heteroatoms. The standard InChI is InChI=1S/C25H26N2O6S/c1-17(18-7-12-23-24(16-18)33-14-13-32-23)26-25(28)19-5-4-6-22(15-19)34(29,30)27(2)20-8-10-21(31-3)11-9-20/h4-12,15-17H,13-14H2,1-3H3,(H,26,28)/t17-/m0/s1. The molecule has 1 N–H and O–H groups in total. The molecule has 4 rings (SSSR count). The second-order valence-corrected chi connectivity index (χ2v) is 9.77. The summed E-state index contributed by atoms with van der Waals surface area (Å²) in [6.07, 6.45) is 0. The lowest BCUT2D eigenvalue weighted by Crippen LogP contribution is -2.28. The minimum absolute atomic E-state index is 0.0189. The number of hydrogen-bond donors (Lipinski definition) is 1. The molecule has 1 heterocycles. The molecule has 3 aromatic rings. The molecular formula is C25H26N2O6S. The van der Waals surface area contributed by atoms with E-state index in [1.807, 2.05) is 25.1 Å². The van der Waals surface area contributed by atoms with Crippen molar-refractivity contribution in [2.24, 2.45) is 0 Å². The summed E-state index contributed by atoms with van der Waals surface area (Å²) in [6, 6.07) is 17.8. The number of nitrogens with one attached hydrogen (secondary N) is 1. The van der Waals surface area contributed by atoms with Crippen molar-refractivity contribution in [3.05, 3.63) is 77.9 Å². The Labute approximate surface area is 199 Å². The van der Waals surface area contributed by atoms with Gasteiger partial charge in [-0.15, -0.1) is 0 Å². The van der Waals surface area contributed by atoms with Gasteiger partial charge in [-0.25, -0.2) is 8.42 Å². The van der Waals surface area contributed by atoms with Crippen LogP contribution in [0.4, 0.5) is 5.69 Å². The van der Waals surface area contributed by atoms with Gasteiger partial charge in [0.15, 0.2) is 11.5 Å². The van der Waals surface area contributed by atoms with Crippen LogP contribution in [0.5, 0.6) is 17.2 Å². The molecule has 1 amide bonds. The third-order valence-corrected chi connectivity index (χ3v) is 7.39. The zero-order chi connectivity index (χ0) is 24.3. The zero-order valence-corrected chi connectivity index (χ0v) is 20.0. The predicted molar refractivity (Wildman–Crippen MR) is 128 cm³/mol. The molecule has 0 radical (unpaired) electrons. The van der Waals surface area contributed by atoms with Crippen molar-refractivity contribution in [2.75, 3.05) is 31.7 Å². The Morgan fingerprint density at radius 2 is 1.71 bits per heavy atom. The van der Waals surface area contributed by atoms with Crippen LogP contribution in [0, 0.1) is 0 Å². The maximum atomic E-state index is 13.2. The van der Waals surface area contributed by atoms with Gasteiger partial charge in [0.1, 0.15) is 19.0 Å². The Kier molecular flexibility index (Phi) is 6.65. The SMILES string of the molecule is COc1ccc(N(C)S(=O)(=O)c2cccc(C(=O)N[C@@H](C)c3ccc4c(c3)OCCO4)c2)cc1. The van der Waals surface area contributed by atoms with Gasteiger partial charge in [-0.2, -0.15) is 0 Å². The van der Waals surface area contributed by atoms with E-state index in [-0.39, 0.29) is 22.4 Å². The van der Waals surface area contributed by atoms with Crippen LogP contribution < -0.4 is 23.8 Å².